The largest absolute Gasteiger partial charge is 0.330 e. The van der Waals surface area contributed by atoms with E-state index < -0.39 is 0 Å². The highest BCUT2D eigenvalue weighted by Crippen LogP contribution is 2.30. The van der Waals surface area contributed by atoms with Crippen LogP contribution in [0.5, 0.6) is 0 Å². The lowest BCUT2D eigenvalue weighted by Gasteiger charge is -2.28. The van der Waals surface area contributed by atoms with Crippen molar-refractivity contribution in [3.63, 3.8) is 0 Å². The molecule has 4 heteroatoms. The third-order valence-electron chi connectivity index (χ3n) is 4.21. The molecule has 1 aliphatic rings. The molecule has 0 radical (unpaired) electrons. The molecule has 2 atom stereocenters. The van der Waals surface area contributed by atoms with Gasteiger partial charge in [0.15, 0.2) is 0 Å². The molecule has 0 bridgehead atoms. The van der Waals surface area contributed by atoms with E-state index in [1.54, 1.807) is 0 Å². The average molecular weight is 275 g/mol. The molecular weight excluding hydrogens is 254 g/mol. The molecule has 1 aromatic heterocycles. The summed E-state index contributed by atoms with van der Waals surface area (Å²) in [5.41, 5.74) is 7.00. The topological polar surface area (TPSA) is 42.2 Å². The Balaban J connectivity index is 1.73. The third-order valence-corrected chi connectivity index (χ3v) is 5.23. The van der Waals surface area contributed by atoms with Crippen LogP contribution in [0.1, 0.15) is 24.3 Å². The number of nitrogens with zero attached hydrogens (tertiary/aromatic N) is 2. The number of rotatable bonds is 4. The SMILES string of the molecule is CN(Cc1nc2ccccc2s1)C1CCCC1CN. The Morgan fingerprint density at radius 1 is 1.37 bits per heavy atom. The third kappa shape index (κ3) is 2.66. The highest BCUT2D eigenvalue weighted by Gasteiger charge is 2.29. The summed E-state index contributed by atoms with van der Waals surface area (Å²) < 4.78 is 1.28. The van der Waals surface area contributed by atoms with Crippen LogP contribution >= 0.6 is 11.3 Å². The quantitative estimate of drug-likeness (QED) is 0.933. The molecule has 0 aliphatic heterocycles. The number of fused-ring (bicyclic) bond motifs is 1. The fourth-order valence-corrected chi connectivity index (χ4v) is 4.22. The summed E-state index contributed by atoms with van der Waals surface area (Å²) in [6.45, 7) is 1.76. The Hall–Kier alpha value is -0.970. The van der Waals surface area contributed by atoms with Gasteiger partial charge in [-0.25, -0.2) is 4.98 Å². The molecule has 102 valence electrons. The van der Waals surface area contributed by atoms with E-state index in [-0.39, 0.29) is 0 Å². The van der Waals surface area contributed by atoms with Crippen molar-refractivity contribution in [2.75, 3.05) is 13.6 Å². The van der Waals surface area contributed by atoms with Crippen LogP contribution in [-0.2, 0) is 6.54 Å². The molecule has 1 aliphatic carbocycles. The number of hydrogen-bond donors (Lipinski definition) is 1. The lowest BCUT2D eigenvalue weighted by Crippen LogP contribution is -2.37. The summed E-state index contributed by atoms with van der Waals surface area (Å²) in [7, 11) is 2.21. The van der Waals surface area contributed by atoms with Gasteiger partial charge >= 0.3 is 0 Å². The minimum atomic E-state index is 0.636. The van der Waals surface area contributed by atoms with Crippen LogP contribution in [-0.4, -0.2) is 29.5 Å². The Bertz CT molecular complexity index is 518. The van der Waals surface area contributed by atoms with Gasteiger partial charge in [-0.3, -0.25) is 4.90 Å². The maximum atomic E-state index is 5.88. The van der Waals surface area contributed by atoms with E-state index >= 15 is 0 Å². The van der Waals surface area contributed by atoms with Gasteiger partial charge in [-0.15, -0.1) is 11.3 Å². The van der Waals surface area contributed by atoms with Crippen LogP contribution in [0.3, 0.4) is 0 Å². The maximum absolute atomic E-state index is 5.88. The number of benzene rings is 1. The molecule has 1 fully saturated rings. The summed E-state index contributed by atoms with van der Waals surface area (Å²) in [6, 6.07) is 9.01. The summed E-state index contributed by atoms with van der Waals surface area (Å²) in [4.78, 5) is 7.17. The lowest BCUT2D eigenvalue weighted by molar-refractivity contribution is 0.193. The van der Waals surface area contributed by atoms with E-state index in [9.17, 15) is 0 Å². The van der Waals surface area contributed by atoms with Crippen LogP contribution in [0.15, 0.2) is 24.3 Å². The monoisotopic (exact) mass is 275 g/mol. The van der Waals surface area contributed by atoms with E-state index in [1.807, 2.05) is 11.3 Å². The van der Waals surface area contributed by atoms with Crippen molar-refractivity contribution < 1.29 is 0 Å². The summed E-state index contributed by atoms with van der Waals surface area (Å²) in [5.74, 6) is 0.666. The molecular formula is C15H21N3S. The van der Waals surface area contributed by atoms with Crippen molar-refractivity contribution >= 4 is 21.6 Å². The average Bonchev–Trinajstić information content (AvgIpc) is 3.03. The smallest absolute Gasteiger partial charge is 0.108 e. The van der Waals surface area contributed by atoms with E-state index in [0.29, 0.717) is 12.0 Å². The van der Waals surface area contributed by atoms with Gasteiger partial charge < -0.3 is 5.73 Å². The number of para-hydroxylation sites is 1. The first kappa shape index (κ1) is 13.0. The zero-order chi connectivity index (χ0) is 13.2. The standard InChI is InChI=1S/C15H21N3S/c1-18(13-7-4-5-11(13)9-16)10-15-17-12-6-2-3-8-14(12)19-15/h2-3,6,8,11,13H,4-5,7,9-10,16H2,1H3. The van der Waals surface area contributed by atoms with E-state index in [4.69, 9.17) is 10.7 Å². The number of hydrogen-bond acceptors (Lipinski definition) is 4. The van der Waals surface area contributed by atoms with Gasteiger partial charge in [-0.2, -0.15) is 0 Å². The van der Waals surface area contributed by atoms with Gasteiger partial charge in [0.05, 0.1) is 16.8 Å². The first-order chi connectivity index (χ1) is 9.28. The second kappa shape index (κ2) is 5.57. The van der Waals surface area contributed by atoms with Crippen molar-refractivity contribution in [3.8, 4) is 0 Å². The summed E-state index contributed by atoms with van der Waals surface area (Å²) in [5, 5.41) is 1.21. The zero-order valence-corrected chi connectivity index (χ0v) is 12.2. The molecule has 1 heterocycles. The van der Waals surface area contributed by atoms with E-state index in [0.717, 1.165) is 18.6 Å². The van der Waals surface area contributed by atoms with Gasteiger partial charge in [0.25, 0.3) is 0 Å². The van der Waals surface area contributed by atoms with Crippen LogP contribution in [0.25, 0.3) is 10.2 Å². The van der Waals surface area contributed by atoms with E-state index in [2.05, 4.69) is 36.2 Å². The lowest BCUT2D eigenvalue weighted by atomic mass is 10.0. The van der Waals surface area contributed by atoms with Crippen LogP contribution in [0, 0.1) is 5.92 Å². The normalized spacial score (nSPS) is 23.5. The first-order valence-electron chi connectivity index (χ1n) is 7.02. The Morgan fingerprint density at radius 3 is 3.00 bits per heavy atom. The fraction of sp³-hybridized carbons (Fsp3) is 0.533. The maximum Gasteiger partial charge on any atom is 0.108 e. The number of nitrogens with two attached hydrogens (primary N) is 1. The Kier molecular flexibility index (Phi) is 3.82. The molecule has 19 heavy (non-hydrogen) atoms. The first-order valence-corrected chi connectivity index (χ1v) is 7.84. The van der Waals surface area contributed by atoms with Crippen LogP contribution < -0.4 is 5.73 Å². The molecule has 1 saturated carbocycles. The van der Waals surface area contributed by atoms with Gasteiger partial charge in [0.1, 0.15) is 5.01 Å². The minimum Gasteiger partial charge on any atom is -0.330 e. The summed E-state index contributed by atoms with van der Waals surface area (Å²) in [6.07, 6.45) is 3.88. The Morgan fingerprint density at radius 2 is 2.21 bits per heavy atom. The molecule has 2 unspecified atom stereocenters. The highest BCUT2D eigenvalue weighted by molar-refractivity contribution is 7.18. The molecule has 2 N–H and O–H groups in total. The highest BCUT2D eigenvalue weighted by atomic mass is 32.1. The van der Waals surface area contributed by atoms with Gasteiger partial charge in [-0.05, 0) is 44.5 Å². The van der Waals surface area contributed by atoms with Crippen molar-refractivity contribution in [2.24, 2.45) is 11.7 Å². The van der Waals surface area contributed by atoms with Gasteiger partial charge in [0, 0.05) is 6.04 Å². The summed E-state index contributed by atoms with van der Waals surface area (Å²) >= 11 is 1.81. The van der Waals surface area contributed by atoms with Crippen LogP contribution in [0.2, 0.25) is 0 Å². The van der Waals surface area contributed by atoms with E-state index in [1.165, 1.54) is 29.0 Å². The molecule has 3 rings (SSSR count). The molecule has 1 aromatic carbocycles. The predicted octanol–water partition coefficient (Wildman–Crippen LogP) is 2.86. The molecule has 0 amide bonds. The fourth-order valence-electron chi connectivity index (χ4n) is 3.19. The molecule has 3 nitrogen and oxygen atoms in total. The van der Waals surface area contributed by atoms with Crippen molar-refractivity contribution in [2.45, 2.75) is 31.8 Å². The molecule has 2 aromatic rings. The predicted molar refractivity (Wildman–Crippen MR) is 81.3 cm³/mol. The molecule has 0 saturated heterocycles. The van der Waals surface area contributed by atoms with Crippen molar-refractivity contribution in [1.29, 1.82) is 0 Å². The van der Waals surface area contributed by atoms with Crippen molar-refractivity contribution in [1.82, 2.24) is 9.88 Å². The van der Waals surface area contributed by atoms with Gasteiger partial charge in [0.2, 0.25) is 0 Å². The van der Waals surface area contributed by atoms with Crippen LogP contribution in [0.4, 0.5) is 0 Å². The number of aromatic nitrogens is 1. The second-order valence-corrected chi connectivity index (χ2v) is 6.60. The van der Waals surface area contributed by atoms with Gasteiger partial charge in [-0.1, -0.05) is 18.6 Å². The Labute approximate surface area is 118 Å². The second-order valence-electron chi connectivity index (χ2n) is 5.48. The zero-order valence-electron chi connectivity index (χ0n) is 11.4. The minimum absolute atomic E-state index is 0.636. The number of thiazole rings is 1. The van der Waals surface area contributed by atoms with Crippen molar-refractivity contribution in [3.05, 3.63) is 29.3 Å². The molecule has 0 spiro atoms.